The molecule has 0 aromatic carbocycles. The van der Waals surface area contributed by atoms with Crippen LogP contribution in [0.1, 0.15) is 66.2 Å². The smallest absolute Gasteiger partial charge is 0.0359 e. The zero-order valence-electron chi connectivity index (χ0n) is 10.4. The number of halogens is 1. The highest BCUT2D eigenvalue weighted by Gasteiger charge is 2.16. The number of hydrogen-bond donors (Lipinski definition) is 0. The van der Waals surface area contributed by atoms with Crippen molar-refractivity contribution < 1.29 is 0 Å². The van der Waals surface area contributed by atoms with Crippen LogP contribution in [0.5, 0.6) is 0 Å². The van der Waals surface area contributed by atoms with E-state index in [9.17, 15) is 0 Å². The average molecular weight is 219 g/mol. The van der Waals surface area contributed by atoms with E-state index in [4.69, 9.17) is 11.6 Å². The van der Waals surface area contributed by atoms with Crippen molar-refractivity contribution in [2.45, 2.75) is 71.6 Å². The summed E-state index contributed by atoms with van der Waals surface area (Å²) in [5.41, 5.74) is 0. The van der Waals surface area contributed by atoms with Crippen molar-refractivity contribution in [1.82, 2.24) is 0 Å². The molecule has 0 aromatic rings. The fraction of sp³-hybridized carbons (Fsp3) is 1.00. The quantitative estimate of drug-likeness (QED) is 0.489. The topological polar surface area (TPSA) is 0 Å². The van der Waals surface area contributed by atoms with Gasteiger partial charge in [0.15, 0.2) is 0 Å². The molecule has 0 heterocycles. The highest BCUT2D eigenvalue weighted by molar-refractivity contribution is 6.20. The number of hydrogen-bond acceptors (Lipinski definition) is 0. The fourth-order valence-corrected chi connectivity index (χ4v) is 2.16. The molecular formula is C13H27Cl. The third-order valence-electron chi connectivity index (χ3n) is 3.26. The lowest BCUT2D eigenvalue weighted by atomic mass is 9.87. The Kier molecular flexibility index (Phi) is 8.76. The average Bonchev–Trinajstić information content (AvgIpc) is 2.22. The Hall–Kier alpha value is 0.290. The molecule has 0 saturated carbocycles. The van der Waals surface area contributed by atoms with Gasteiger partial charge in [-0.2, -0.15) is 0 Å². The molecule has 0 amide bonds. The third kappa shape index (κ3) is 5.90. The van der Waals surface area contributed by atoms with Crippen LogP contribution in [-0.4, -0.2) is 5.38 Å². The van der Waals surface area contributed by atoms with Crippen molar-refractivity contribution in [2.24, 2.45) is 11.8 Å². The summed E-state index contributed by atoms with van der Waals surface area (Å²) in [4.78, 5) is 0. The van der Waals surface area contributed by atoms with Gasteiger partial charge < -0.3 is 0 Å². The van der Waals surface area contributed by atoms with Crippen LogP contribution < -0.4 is 0 Å². The predicted molar refractivity (Wildman–Crippen MR) is 67.0 cm³/mol. The number of rotatable bonds is 8. The lowest BCUT2D eigenvalue weighted by Gasteiger charge is -2.22. The standard InChI is InChI=1S/C13H27Cl/c1-5-8-9-12(6-2)10-11(4)13(14)7-3/h11-13H,5-10H2,1-4H3. The van der Waals surface area contributed by atoms with Crippen molar-refractivity contribution in [3.8, 4) is 0 Å². The Morgan fingerprint density at radius 1 is 1.07 bits per heavy atom. The molecule has 14 heavy (non-hydrogen) atoms. The molecule has 3 atom stereocenters. The molecule has 0 saturated heterocycles. The molecule has 0 rings (SSSR count). The van der Waals surface area contributed by atoms with Crippen LogP contribution in [0, 0.1) is 11.8 Å². The number of unbranched alkanes of at least 4 members (excludes halogenated alkanes) is 1. The highest BCUT2D eigenvalue weighted by atomic mass is 35.5. The minimum Gasteiger partial charge on any atom is -0.123 e. The van der Waals surface area contributed by atoms with Crippen LogP contribution in [0.4, 0.5) is 0 Å². The second-order valence-electron chi connectivity index (χ2n) is 4.55. The monoisotopic (exact) mass is 218 g/mol. The Labute approximate surface area is 95.4 Å². The van der Waals surface area contributed by atoms with Crippen molar-refractivity contribution in [3.63, 3.8) is 0 Å². The largest absolute Gasteiger partial charge is 0.123 e. The maximum atomic E-state index is 6.25. The molecule has 0 spiro atoms. The highest BCUT2D eigenvalue weighted by Crippen LogP contribution is 2.26. The second kappa shape index (κ2) is 8.59. The zero-order valence-corrected chi connectivity index (χ0v) is 11.1. The molecule has 0 aromatic heterocycles. The van der Waals surface area contributed by atoms with Crippen LogP contribution in [-0.2, 0) is 0 Å². The lowest BCUT2D eigenvalue weighted by molar-refractivity contribution is 0.341. The van der Waals surface area contributed by atoms with E-state index in [2.05, 4.69) is 27.7 Å². The fourth-order valence-electron chi connectivity index (χ4n) is 2.06. The van der Waals surface area contributed by atoms with E-state index in [-0.39, 0.29) is 0 Å². The summed E-state index contributed by atoms with van der Waals surface area (Å²) in [6, 6.07) is 0. The summed E-state index contributed by atoms with van der Waals surface area (Å²) >= 11 is 6.25. The first kappa shape index (κ1) is 14.3. The molecule has 1 heteroatoms. The van der Waals surface area contributed by atoms with Crippen molar-refractivity contribution >= 4 is 11.6 Å². The second-order valence-corrected chi connectivity index (χ2v) is 5.11. The molecule has 0 aliphatic heterocycles. The Bertz CT molecular complexity index is 122. The van der Waals surface area contributed by atoms with Gasteiger partial charge >= 0.3 is 0 Å². The van der Waals surface area contributed by atoms with Crippen LogP contribution in [0.3, 0.4) is 0 Å². The van der Waals surface area contributed by atoms with Gasteiger partial charge in [-0.15, -0.1) is 11.6 Å². The van der Waals surface area contributed by atoms with E-state index >= 15 is 0 Å². The molecule has 0 bridgehead atoms. The van der Waals surface area contributed by atoms with E-state index < -0.39 is 0 Å². The molecular weight excluding hydrogens is 192 g/mol. The molecule has 0 aliphatic carbocycles. The van der Waals surface area contributed by atoms with Crippen molar-refractivity contribution in [3.05, 3.63) is 0 Å². The maximum Gasteiger partial charge on any atom is 0.0359 e. The number of alkyl halides is 1. The van der Waals surface area contributed by atoms with Gasteiger partial charge in [-0.25, -0.2) is 0 Å². The van der Waals surface area contributed by atoms with Gasteiger partial charge in [0.2, 0.25) is 0 Å². The summed E-state index contributed by atoms with van der Waals surface area (Å²) in [7, 11) is 0. The summed E-state index contributed by atoms with van der Waals surface area (Å²) in [6.45, 7) is 9.06. The molecule has 86 valence electrons. The van der Waals surface area contributed by atoms with Gasteiger partial charge in [0.1, 0.15) is 0 Å². The van der Waals surface area contributed by atoms with E-state index in [0.29, 0.717) is 11.3 Å². The zero-order chi connectivity index (χ0) is 11.0. The van der Waals surface area contributed by atoms with Gasteiger partial charge in [0.25, 0.3) is 0 Å². The van der Waals surface area contributed by atoms with Gasteiger partial charge in [-0.3, -0.25) is 0 Å². The summed E-state index contributed by atoms with van der Waals surface area (Å²) < 4.78 is 0. The van der Waals surface area contributed by atoms with Crippen LogP contribution in [0.15, 0.2) is 0 Å². The van der Waals surface area contributed by atoms with Crippen LogP contribution >= 0.6 is 11.6 Å². The molecule has 3 unspecified atom stereocenters. The van der Waals surface area contributed by atoms with E-state index in [1.54, 1.807) is 0 Å². The summed E-state index contributed by atoms with van der Waals surface area (Å²) in [6.07, 6.45) is 7.83. The molecule has 0 N–H and O–H groups in total. The Morgan fingerprint density at radius 3 is 2.14 bits per heavy atom. The SMILES string of the molecule is CCCCC(CC)CC(C)C(Cl)CC. The summed E-state index contributed by atoms with van der Waals surface area (Å²) in [5, 5.41) is 0.380. The molecule has 0 nitrogen and oxygen atoms in total. The Balaban J connectivity index is 3.79. The normalized spacial score (nSPS) is 17.8. The molecule has 0 radical (unpaired) electrons. The van der Waals surface area contributed by atoms with Gasteiger partial charge in [-0.1, -0.05) is 53.4 Å². The van der Waals surface area contributed by atoms with E-state index in [1.165, 1.54) is 32.1 Å². The molecule has 0 aliphatic rings. The van der Waals surface area contributed by atoms with E-state index in [0.717, 1.165) is 12.3 Å². The minimum atomic E-state index is 0.380. The first-order valence-corrected chi connectivity index (χ1v) is 6.73. The van der Waals surface area contributed by atoms with E-state index in [1.807, 2.05) is 0 Å². The first-order chi connectivity index (χ1) is 6.65. The maximum absolute atomic E-state index is 6.25. The Morgan fingerprint density at radius 2 is 1.71 bits per heavy atom. The van der Waals surface area contributed by atoms with Crippen molar-refractivity contribution in [2.75, 3.05) is 0 Å². The van der Waals surface area contributed by atoms with Gasteiger partial charge in [0, 0.05) is 5.38 Å². The molecule has 0 fully saturated rings. The van der Waals surface area contributed by atoms with Gasteiger partial charge in [0.05, 0.1) is 0 Å². The van der Waals surface area contributed by atoms with Crippen molar-refractivity contribution in [1.29, 1.82) is 0 Å². The third-order valence-corrected chi connectivity index (χ3v) is 3.99. The minimum absolute atomic E-state index is 0.380. The first-order valence-electron chi connectivity index (χ1n) is 6.29. The van der Waals surface area contributed by atoms with Gasteiger partial charge in [-0.05, 0) is 24.7 Å². The summed E-state index contributed by atoms with van der Waals surface area (Å²) in [5.74, 6) is 1.58. The van der Waals surface area contributed by atoms with Crippen LogP contribution in [0.2, 0.25) is 0 Å². The lowest BCUT2D eigenvalue weighted by Crippen LogP contribution is -2.15. The van der Waals surface area contributed by atoms with Crippen LogP contribution in [0.25, 0.3) is 0 Å². The predicted octanol–water partition coefficient (Wildman–Crippen LogP) is 5.25.